The summed E-state index contributed by atoms with van der Waals surface area (Å²) in [4.78, 5) is 12.9. The molecule has 1 aromatic heterocycles. The van der Waals surface area contributed by atoms with E-state index in [4.69, 9.17) is 0 Å². The maximum Gasteiger partial charge on any atom is 0.226 e. The van der Waals surface area contributed by atoms with Gasteiger partial charge in [-0.3, -0.25) is 0 Å². The summed E-state index contributed by atoms with van der Waals surface area (Å²) in [6, 6.07) is 2.55. The molecule has 0 radical (unpaired) electrons. The summed E-state index contributed by atoms with van der Waals surface area (Å²) in [5.41, 5.74) is 0. The first-order valence-corrected chi connectivity index (χ1v) is 6.61. The Balaban J connectivity index is 1.99. The largest absolute Gasteiger partial charge is 0.358 e. The molecule has 1 aliphatic rings. The van der Waals surface area contributed by atoms with E-state index in [9.17, 15) is 0 Å². The monoisotopic (exact) mass is 249 g/mol. The summed E-state index contributed by atoms with van der Waals surface area (Å²) in [5.74, 6) is 1.75. The molecule has 2 heterocycles. The van der Waals surface area contributed by atoms with Crippen molar-refractivity contribution in [2.24, 2.45) is 0 Å². The zero-order valence-electron chi connectivity index (χ0n) is 11.6. The highest BCUT2D eigenvalue weighted by atomic mass is 15.3. The first kappa shape index (κ1) is 13.1. The molecule has 0 aromatic carbocycles. The lowest BCUT2D eigenvalue weighted by Gasteiger charge is -2.29. The van der Waals surface area contributed by atoms with Gasteiger partial charge in [-0.2, -0.15) is 4.98 Å². The van der Waals surface area contributed by atoms with Crippen molar-refractivity contribution in [3.05, 3.63) is 12.3 Å². The average molecular weight is 249 g/mol. The number of aromatic nitrogens is 2. The Morgan fingerprint density at radius 2 is 2.17 bits per heavy atom. The van der Waals surface area contributed by atoms with Gasteiger partial charge in [0.15, 0.2) is 0 Å². The first-order chi connectivity index (χ1) is 8.66. The minimum absolute atomic E-state index is 0.585. The van der Waals surface area contributed by atoms with Crippen LogP contribution in [0.5, 0.6) is 0 Å². The van der Waals surface area contributed by atoms with Crippen LogP contribution in [0.15, 0.2) is 12.3 Å². The van der Waals surface area contributed by atoms with Crippen molar-refractivity contribution < 1.29 is 0 Å². The van der Waals surface area contributed by atoms with E-state index in [0.717, 1.165) is 24.9 Å². The van der Waals surface area contributed by atoms with Crippen LogP contribution in [-0.2, 0) is 0 Å². The van der Waals surface area contributed by atoms with Crippen LogP contribution in [0.4, 0.5) is 11.8 Å². The summed E-state index contributed by atoms with van der Waals surface area (Å²) in [7, 11) is 6.02. The molecule has 1 fully saturated rings. The van der Waals surface area contributed by atoms with Crippen molar-refractivity contribution in [3.8, 4) is 0 Å². The molecule has 0 spiro atoms. The maximum absolute atomic E-state index is 4.55. The molecule has 1 N–H and O–H groups in total. The van der Waals surface area contributed by atoms with E-state index < -0.39 is 0 Å². The topological polar surface area (TPSA) is 44.3 Å². The molecule has 5 heteroatoms. The zero-order valence-corrected chi connectivity index (χ0v) is 11.6. The summed E-state index contributed by atoms with van der Waals surface area (Å²) in [6.45, 7) is 2.15. The quantitative estimate of drug-likeness (QED) is 0.866. The molecule has 0 bridgehead atoms. The van der Waals surface area contributed by atoms with Crippen molar-refractivity contribution in [2.75, 3.05) is 44.0 Å². The number of hydrogen-bond donors (Lipinski definition) is 1. The molecule has 1 unspecified atom stereocenters. The van der Waals surface area contributed by atoms with Gasteiger partial charge in [0.05, 0.1) is 0 Å². The van der Waals surface area contributed by atoms with E-state index in [-0.39, 0.29) is 0 Å². The Hall–Kier alpha value is -1.36. The second-order valence-electron chi connectivity index (χ2n) is 5.14. The van der Waals surface area contributed by atoms with Crippen molar-refractivity contribution in [1.29, 1.82) is 0 Å². The molecule has 1 aliphatic heterocycles. The van der Waals surface area contributed by atoms with Gasteiger partial charge in [-0.05, 0) is 25.5 Å². The zero-order chi connectivity index (χ0) is 13.0. The molecular formula is C13H23N5. The number of nitrogens with zero attached hydrogens (tertiary/aromatic N) is 4. The van der Waals surface area contributed by atoms with Crippen LogP contribution in [0.25, 0.3) is 0 Å². The lowest BCUT2D eigenvalue weighted by atomic mass is 10.0. The Bertz CT molecular complexity index is 373. The van der Waals surface area contributed by atoms with Crippen LogP contribution >= 0.6 is 0 Å². The summed E-state index contributed by atoms with van der Waals surface area (Å²) >= 11 is 0. The van der Waals surface area contributed by atoms with Crippen LogP contribution in [0.2, 0.25) is 0 Å². The van der Waals surface area contributed by atoms with E-state index in [1.165, 1.54) is 19.3 Å². The Kier molecular flexibility index (Phi) is 4.36. The van der Waals surface area contributed by atoms with Crippen LogP contribution in [0.3, 0.4) is 0 Å². The van der Waals surface area contributed by atoms with Crippen molar-refractivity contribution >= 4 is 11.8 Å². The van der Waals surface area contributed by atoms with Crippen LogP contribution in [0, 0.1) is 0 Å². The van der Waals surface area contributed by atoms with Crippen molar-refractivity contribution in [3.63, 3.8) is 0 Å². The van der Waals surface area contributed by atoms with Gasteiger partial charge in [0.25, 0.3) is 0 Å². The molecule has 0 amide bonds. The predicted molar refractivity (Wildman–Crippen MR) is 75.3 cm³/mol. The van der Waals surface area contributed by atoms with E-state index in [1.807, 2.05) is 31.3 Å². The average Bonchev–Trinajstić information content (AvgIpc) is 2.40. The minimum atomic E-state index is 0.585. The van der Waals surface area contributed by atoms with Crippen molar-refractivity contribution in [1.82, 2.24) is 15.3 Å². The summed E-state index contributed by atoms with van der Waals surface area (Å²) in [5, 5.41) is 3.56. The number of hydrogen-bond acceptors (Lipinski definition) is 5. The Morgan fingerprint density at radius 1 is 1.33 bits per heavy atom. The Labute approximate surface area is 109 Å². The standard InChI is InChI=1S/C13H23N5/c1-17(2)13-15-9-7-12(16-13)18(3)10-11-6-4-5-8-14-11/h7,9,11,14H,4-6,8,10H2,1-3H3. The third-order valence-corrected chi connectivity index (χ3v) is 3.33. The van der Waals surface area contributed by atoms with E-state index >= 15 is 0 Å². The second-order valence-corrected chi connectivity index (χ2v) is 5.14. The fourth-order valence-corrected chi connectivity index (χ4v) is 2.27. The SMILES string of the molecule is CN(C)c1nccc(N(C)CC2CCCCN2)n1. The molecule has 5 nitrogen and oxygen atoms in total. The number of rotatable bonds is 4. The van der Waals surface area contributed by atoms with Gasteiger partial charge in [-0.15, -0.1) is 0 Å². The highest BCUT2D eigenvalue weighted by molar-refractivity contribution is 5.42. The molecule has 1 aromatic rings. The van der Waals surface area contributed by atoms with E-state index in [0.29, 0.717) is 6.04 Å². The van der Waals surface area contributed by atoms with E-state index in [2.05, 4.69) is 27.2 Å². The number of nitrogens with one attached hydrogen (secondary N) is 1. The highest BCUT2D eigenvalue weighted by Crippen LogP contribution is 2.14. The minimum Gasteiger partial charge on any atom is -0.358 e. The Morgan fingerprint density at radius 3 is 2.83 bits per heavy atom. The molecule has 0 aliphatic carbocycles. The normalized spacial score (nSPS) is 19.6. The summed E-state index contributed by atoms with van der Waals surface area (Å²) < 4.78 is 0. The van der Waals surface area contributed by atoms with E-state index in [1.54, 1.807) is 0 Å². The first-order valence-electron chi connectivity index (χ1n) is 6.61. The fraction of sp³-hybridized carbons (Fsp3) is 0.692. The number of piperidine rings is 1. The lowest BCUT2D eigenvalue weighted by molar-refractivity contribution is 0.403. The maximum atomic E-state index is 4.55. The molecule has 0 saturated carbocycles. The van der Waals surface area contributed by atoms with Crippen LogP contribution in [0.1, 0.15) is 19.3 Å². The molecule has 1 saturated heterocycles. The van der Waals surface area contributed by atoms with Gasteiger partial charge in [0.1, 0.15) is 5.82 Å². The number of anilines is 2. The van der Waals surface area contributed by atoms with Gasteiger partial charge < -0.3 is 15.1 Å². The third-order valence-electron chi connectivity index (χ3n) is 3.33. The van der Waals surface area contributed by atoms with Crippen LogP contribution < -0.4 is 15.1 Å². The predicted octanol–water partition coefficient (Wildman–Crippen LogP) is 1.12. The molecule has 100 valence electrons. The fourth-order valence-electron chi connectivity index (χ4n) is 2.27. The van der Waals surface area contributed by atoms with Gasteiger partial charge in [0.2, 0.25) is 5.95 Å². The molecular weight excluding hydrogens is 226 g/mol. The smallest absolute Gasteiger partial charge is 0.226 e. The van der Waals surface area contributed by atoms with Gasteiger partial charge in [-0.1, -0.05) is 6.42 Å². The second kappa shape index (κ2) is 6.00. The third kappa shape index (κ3) is 3.32. The van der Waals surface area contributed by atoms with Crippen LogP contribution in [-0.4, -0.2) is 50.2 Å². The van der Waals surface area contributed by atoms with Gasteiger partial charge in [-0.25, -0.2) is 4.98 Å². The summed E-state index contributed by atoms with van der Waals surface area (Å²) in [6.07, 6.45) is 5.72. The molecule has 1 atom stereocenters. The lowest BCUT2D eigenvalue weighted by Crippen LogP contribution is -2.42. The van der Waals surface area contributed by atoms with Crippen molar-refractivity contribution in [2.45, 2.75) is 25.3 Å². The molecule has 2 rings (SSSR count). The van der Waals surface area contributed by atoms with Gasteiger partial charge >= 0.3 is 0 Å². The highest BCUT2D eigenvalue weighted by Gasteiger charge is 2.15. The number of likely N-dealkylation sites (N-methyl/N-ethyl adjacent to an activating group) is 1. The molecule has 18 heavy (non-hydrogen) atoms. The van der Waals surface area contributed by atoms with Gasteiger partial charge in [0, 0.05) is 39.9 Å².